The molecular weight excluding hydrogens is 348 g/mol. The fraction of sp³-hybridized carbons (Fsp3) is 0.235. The second-order valence-electron chi connectivity index (χ2n) is 5.51. The third-order valence-electron chi connectivity index (χ3n) is 3.47. The van der Waals surface area contributed by atoms with Gasteiger partial charge in [0.05, 0.1) is 11.3 Å². The number of hydrogen-bond donors (Lipinski definition) is 1. The summed E-state index contributed by atoms with van der Waals surface area (Å²) in [5.74, 6) is -0.131. The molecule has 1 amide bonds. The highest BCUT2D eigenvalue weighted by Gasteiger charge is 2.16. The summed E-state index contributed by atoms with van der Waals surface area (Å²) in [5.41, 5.74) is 1.71. The number of halogens is 1. The van der Waals surface area contributed by atoms with E-state index in [1.54, 1.807) is 24.3 Å². The number of amides is 1. The van der Waals surface area contributed by atoms with E-state index >= 15 is 0 Å². The van der Waals surface area contributed by atoms with Gasteiger partial charge in [0.25, 0.3) is 0 Å². The van der Waals surface area contributed by atoms with E-state index in [0.29, 0.717) is 11.6 Å². The number of nitrogens with one attached hydrogen (secondary N) is 1. The first-order valence-electron chi connectivity index (χ1n) is 7.31. The summed E-state index contributed by atoms with van der Waals surface area (Å²) in [4.78, 5) is 12.2. The van der Waals surface area contributed by atoms with E-state index in [4.69, 9.17) is 11.6 Å². The number of hydrogen-bond acceptors (Lipinski definition) is 3. The number of sulfonamides is 1. The van der Waals surface area contributed by atoms with Gasteiger partial charge in [0, 0.05) is 25.7 Å². The van der Waals surface area contributed by atoms with Crippen molar-refractivity contribution in [3.05, 3.63) is 64.7 Å². The molecule has 0 aliphatic carbocycles. The molecule has 0 heterocycles. The Kier molecular flexibility index (Phi) is 5.99. The molecule has 2 aromatic rings. The van der Waals surface area contributed by atoms with Crippen LogP contribution in [0.25, 0.3) is 0 Å². The van der Waals surface area contributed by atoms with E-state index in [9.17, 15) is 13.2 Å². The van der Waals surface area contributed by atoms with Crippen molar-refractivity contribution < 1.29 is 13.2 Å². The molecule has 0 aliphatic heterocycles. The van der Waals surface area contributed by atoms with Gasteiger partial charge in [-0.2, -0.15) is 0 Å². The fourth-order valence-electron chi connectivity index (χ4n) is 2.04. The van der Waals surface area contributed by atoms with Gasteiger partial charge in [0.2, 0.25) is 15.9 Å². The zero-order chi connectivity index (χ0) is 17.7. The van der Waals surface area contributed by atoms with E-state index in [1.165, 1.54) is 26.2 Å². The van der Waals surface area contributed by atoms with E-state index in [0.717, 1.165) is 15.4 Å². The van der Waals surface area contributed by atoms with Gasteiger partial charge in [0.15, 0.2) is 0 Å². The van der Waals surface area contributed by atoms with Gasteiger partial charge in [0.1, 0.15) is 0 Å². The summed E-state index contributed by atoms with van der Waals surface area (Å²) in [6.07, 6.45) is 0.190. The topological polar surface area (TPSA) is 66.5 Å². The molecule has 1 N–H and O–H groups in total. The SMILES string of the molecule is CN(C)S(=O)(=O)c1ccc(CC(=O)NCc2ccc(Cl)cc2)cc1. The van der Waals surface area contributed by atoms with Gasteiger partial charge in [-0.25, -0.2) is 12.7 Å². The first-order valence-corrected chi connectivity index (χ1v) is 9.13. The van der Waals surface area contributed by atoms with Crippen molar-refractivity contribution in [1.82, 2.24) is 9.62 Å². The summed E-state index contributed by atoms with van der Waals surface area (Å²) in [7, 11) is -0.491. The molecule has 0 bridgehead atoms. The molecule has 7 heteroatoms. The summed E-state index contributed by atoms with van der Waals surface area (Å²) in [6.45, 7) is 0.420. The van der Waals surface area contributed by atoms with Gasteiger partial charge in [-0.3, -0.25) is 4.79 Å². The van der Waals surface area contributed by atoms with E-state index in [1.807, 2.05) is 12.1 Å². The maximum atomic E-state index is 12.0. The molecule has 128 valence electrons. The summed E-state index contributed by atoms with van der Waals surface area (Å²) in [5, 5.41) is 3.47. The Hall–Kier alpha value is -1.89. The Morgan fingerprint density at radius 3 is 2.08 bits per heavy atom. The van der Waals surface area contributed by atoms with Crippen LogP contribution in [-0.2, 0) is 27.8 Å². The van der Waals surface area contributed by atoms with Crippen molar-refractivity contribution in [3.8, 4) is 0 Å². The van der Waals surface area contributed by atoms with E-state index in [-0.39, 0.29) is 17.2 Å². The van der Waals surface area contributed by atoms with Crippen LogP contribution >= 0.6 is 11.6 Å². The smallest absolute Gasteiger partial charge is 0.242 e. The first kappa shape index (κ1) is 18.4. The van der Waals surface area contributed by atoms with Crippen LogP contribution in [0.15, 0.2) is 53.4 Å². The summed E-state index contributed by atoms with van der Waals surface area (Å²) in [6, 6.07) is 13.6. The van der Waals surface area contributed by atoms with Crippen LogP contribution in [-0.4, -0.2) is 32.7 Å². The molecule has 0 unspecified atom stereocenters. The zero-order valence-corrected chi connectivity index (χ0v) is 15.1. The Bertz CT molecular complexity index is 801. The minimum absolute atomic E-state index is 0.131. The molecule has 0 aliphatic rings. The van der Waals surface area contributed by atoms with Crippen molar-refractivity contribution in [2.75, 3.05) is 14.1 Å². The predicted octanol–water partition coefficient (Wildman–Crippen LogP) is 2.45. The van der Waals surface area contributed by atoms with Crippen LogP contribution in [0.3, 0.4) is 0 Å². The summed E-state index contributed by atoms with van der Waals surface area (Å²) < 4.78 is 25.1. The lowest BCUT2D eigenvalue weighted by Crippen LogP contribution is -2.24. The standard InChI is InChI=1S/C17H19ClN2O3S/c1-20(2)24(22,23)16-9-5-13(6-10-16)11-17(21)19-12-14-3-7-15(18)8-4-14/h3-10H,11-12H2,1-2H3,(H,19,21). The highest BCUT2D eigenvalue weighted by Crippen LogP contribution is 2.14. The van der Waals surface area contributed by atoms with Crippen LogP contribution in [0.5, 0.6) is 0 Å². The van der Waals surface area contributed by atoms with Gasteiger partial charge < -0.3 is 5.32 Å². The minimum Gasteiger partial charge on any atom is -0.352 e. The second-order valence-corrected chi connectivity index (χ2v) is 8.10. The number of carbonyl (C=O) groups is 1. The Morgan fingerprint density at radius 2 is 1.54 bits per heavy atom. The maximum Gasteiger partial charge on any atom is 0.242 e. The van der Waals surface area contributed by atoms with Gasteiger partial charge >= 0.3 is 0 Å². The van der Waals surface area contributed by atoms with Gasteiger partial charge in [-0.05, 0) is 35.4 Å². The largest absolute Gasteiger partial charge is 0.352 e. The van der Waals surface area contributed by atoms with Crippen LogP contribution in [0, 0.1) is 0 Å². The average Bonchev–Trinajstić information content (AvgIpc) is 2.54. The van der Waals surface area contributed by atoms with Crippen molar-refractivity contribution in [1.29, 1.82) is 0 Å². The lowest BCUT2D eigenvalue weighted by Gasteiger charge is -2.11. The van der Waals surface area contributed by atoms with Crippen molar-refractivity contribution in [3.63, 3.8) is 0 Å². The zero-order valence-electron chi connectivity index (χ0n) is 13.5. The molecule has 0 atom stereocenters. The number of carbonyl (C=O) groups excluding carboxylic acids is 1. The molecule has 5 nitrogen and oxygen atoms in total. The van der Waals surface area contributed by atoms with Gasteiger partial charge in [-0.15, -0.1) is 0 Å². The van der Waals surface area contributed by atoms with Crippen LogP contribution < -0.4 is 5.32 Å². The molecule has 0 aromatic heterocycles. The average molecular weight is 367 g/mol. The van der Waals surface area contributed by atoms with Crippen LogP contribution in [0.4, 0.5) is 0 Å². The highest BCUT2D eigenvalue weighted by molar-refractivity contribution is 7.89. The number of benzene rings is 2. The molecule has 2 rings (SSSR count). The Labute approximate surface area is 147 Å². The molecule has 24 heavy (non-hydrogen) atoms. The fourth-order valence-corrected chi connectivity index (χ4v) is 3.07. The number of nitrogens with zero attached hydrogens (tertiary/aromatic N) is 1. The quantitative estimate of drug-likeness (QED) is 0.853. The normalized spacial score (nSPS) is 11.5. The van der Waals surface area contributed by atoms with Crippen LogP contribution in [0.1, 0.15) is 11.1 Å². The molecular formula is C17H19ClN2O3S. The third kappa shape index (κ3) is 4.80. The first-order chi connectivity index (χ1) is 11.3. The van der Waals surface area contributed by atoms with E-state index < -0.39 is 10.0 Å². The van der Waals surface area contributed by atoms with E-state index in [2.05, 4.69) is 5.32 Å². The second kappa shape index (κ2) is 7.79. The van der Waals surface area contributed by atoms with Crippen molar-refractivity contribution in [2.24, 2.45) is 0 Å². The minimum atomic E-state index is -3.45. The maximum absolute atomic E-state index is 12.0. The molecule has 0 radical (unpaired) electrons. The third-order valence-corrected chi connectivity index (χ3v) is 5.55. The van der Waals surface area contributed by atoms with Crippen LogP contribution in [0.2, 0.25) is 5.02 Å². The molecule has 0 saturated heterocycles. The number of rotatable bonds is 6. The van der Waals surface area contributed by atoms with Gasteiger partial charge in [-0.1, -0.05) is 35.9 Å². The van der Waals surface area contributed by atoms with Crippen molar-refractivity contribution in [2.45, 2.75) is 17.9 Å². The molecule has 0 spiro atoms. The molecule has 0 saturated carbocycles. The molecule has 0 fully saturated rings. The Morgan fingerprint density at radius 1 is 1.00 bits per heavy atom. The van der Waals surface area contributed by atoms with Crippen molar-refractivity contribution >= 4 is 27.5 Å². The highest BCUT2D eigenvalue weighted by atomic mass is 35.5. The monoisotopic (exact) mass is 366 g/mol. The lowest BCUT2D eigenvalue weighted by atomic mass is 10.1. The Balaban J connectivity index is 1.93. The predicted molar refractivity (Wildman–Crippen MR) is 94.3 cm³/mol. The lowest BCUT2D eigenvalue weighted by molar-refractivity contribution is -0.120. The summed E-state index contributed by atoms with van der Waals surface area (Å²) >= 11 is 5.81. The molecule has 2 aromatic carbocycles.